The third-order valence-corrected chi connectivity index (χ3v) is 3.44. The molecular weight excluding hydrogens is 204 g/mol. The number of rotatable bonds is 3. The van der Waals surface area contributed by atoms with Crippen LogP contribution in [0.4, 0.5) is 4.79 Å². The van der Waals surface area contributed by atoms with Crippen LogP contribution in [0.15, 0.2) is 0 Å². The minimum absolute atomic E-state index is 0.0109. The summed E-state index contributed by atoms with van der Waals surface area (Å²) in [4.78, 5) is 13.9. The van der Waals surface area contributed by atoms with E-state index in [-0.39, 0.29) is 6.03 Å². The lowest BCUT2D eigenvalue weighted by molar-refractivity contribution is 0.235. The number of urea groups is 1. The molecule has 3 N–H and O–H groups in total. The van der Waals surface area contributed by atoms with Crippen LogP contribution >= 0.6 is 0 Å². The Morgan fingerprint density at radius 1 is 1.50 bits per heavy atom. The number of hydrogen-bond donors (Lipinski definition) is 3. The van der Waals surface area contributed by atoms with Crippen LogP contribution < -0.4 is 16.0 Å². The summed E-state index contributed by atoms with van der Waals surface area (Å²) in [5.74, 6) is 0.623. The van der Waals surface area contributed by atoms with Gasteiger partial charge in [0.25, 0.3) is 0 Å². The Kier molecular flexibility index (Phi) is 4.01. The summed E-state index contributed by atoms with van der Waals surface area (Å²) in [6.45, 7) is 4.97. The molecule has 2 fully saturated rings. The highest BCUT2D eigenvalue weighted by atomic mass is 16.2. The normalized spacial score (nSPS) is 30.6. The minimum atomic E-state index is -0.0109. The monoisotopic (exact) mass is 226 g/mol. The molecule has 0 aromatic heterocycles. The molecular formula is C11H22N4O. The van der Waals surface area contributed by atoms with Crippen LogP contribution in [0.5, 0.6) is 0 Å². The second-order valence-electron chi connectivity index (χ2n) is 4.96. The maximum Gasteiger partial charge on any atom is 0.315 e. The van der Waals surface area contributed by atoms with Crippen molar-refractivity contribution in [3.8, 4) is 0 Å². The lowest BCUT2D eigenvalue weighted by atomic mass is 10.1. The van der Waals surface area contributed by atoms with E-state index in [1.54, 1.807) is 0 Å². The van der Waals surface area contributed by atoms with Gasteiger partial charge in [-0.15, -0.1) is 0 Å². The van der Waals surface area contributed by atoms with E-state index in [0.717, 1.165) is 39.1 Å². The molecule has 5 heteroatoms. The Balaban J connectivity index is 1.60. The molecule has 2 amide bonds. The largest absolute Gasteiger partial charge is 0.338 e. The number of nitrogens with one attached hydrogen (secondary N) is 3. The SMILES string of the molecule is CN1CCC(CNC(=O)NC2CCNC2)C1. The molecule has 2 aliphatic rings. The minimum Gasteiger partial charge on any atom is -0.338 e. The van der Waals surface area contributed by atoms with Crippen molar-refractivity contribution in [2.75, 3.05) is 39.8 Å². The zero-order valence-corrected chi connectivity index (χ0v) is 9.96. The average molecular weight is 226 g/mol. The molecule has 0 aliphatic carbocycles. The Bertz CT molecular complexity index is 240. The topological polar surface area (TPSA) is 56.4 Å². The zero-order chi connectivity index (χ0) is 11.4. The van der Waals surface area contributed by atoms with E-state index >= 15 is 0 Å². The van der Waals surface area contributed by atoms with Crippen LogP contribution in [0.1, 0.15) is 12.8 Å². The zero-order valence-electron chi connectivity index (χ0n) is 9.96. The summed E-state index contributed by atoms with van der Waals surface area (Å²) in [5.41, 5.74) is 0. The number of amides is 2. The van der Waals surface area contributed by atoms with Gasteiger partial charge in [0.15, 0.2) is 0 Å². The molecule has 2 heterocycles. The molecule has 5 nitrogen and oxygen atoms in total. The maximum atomic E-state index is 11.6. The predicted molar refractivity (Wildman–Crippen MR) is 63.4 cm³/mol. The standard InChI is InChI=1S/C11H22N4O/c1-15-5-3-9(8-15)6-13-11(16)14-10-2-4-12-7-10/h9-10,12H,2-8H2,1H3,(H2,13,14,16). The molecule has 16 heavy (non-hydrogen) atoms. The fraction of sp³-hybridized carbons (Fsp3) is 0.909. The fourth-order valence-electron chi connectivity index (χ4n) is 2.44. The Morgan fingerprint density at radius 3 is 3.00 bits per heavy atom. The molecule has 2 rings (SSSR count). The average Bonchev–Trinajstić information content (AvgIpc) is 2.87. The van der Waals surface area contributed by atoms with Crippen molar-refractivity contribution in [3.05, 3.63) is 0 Å². The maximum absolute atomic E-state index is 11.6. The second kappa shape index (κ2) is 5.50. The summed E-state index contributed by atoms with van der Waals surface area (Å²) in [5, 5.41) is 9.19. The van der Waals surface area contributed by atoms with Gasteiger partial charge in [0.1, 0.15) is 0 Å². The van der Waals surface area contributed by atoms with Gasteiger partial charge in [-0.3, -0.25) is 0 Å². The van der Waals surface area contributed by atoms with Crippen molar-refractivity contribution in [2.24, 2.45) is 5.92 Å². The molecule has 2 atom stereocenters. The first-order chi connectivity index (χ1) is 7.74. The van der Waals surface area contributed by atoms with Gasteiger partial charge in [-0.1, -0.05) is 0 Å². The third kappa shape index (κ3) is 3.35. The van der Waals surface area contributed by atoms with Crippen LogP contribution in [-0.4, -0.2) is 56.7 Å². The van der Waals surface area contributed by atoms with Crippen molar-refractivity contribution in [1.29, 1.82) is 0 Å². The van der Waals surface area contributed by atoms with Crippen molar-refractivity contribution in [1.82, 2.24) is 20.9 Å². The second-order valence-corrected chi connectivity index (χ2v) is 4.96. The van der Waals surface area contributed by atoms with E-state index in [1.165, 1.54) is 6.42 Å². The third-order valence-electron chi connectivity index (χ3n) is 3.44. The number of carbonyl (C=O) groups is 1. The first-order valence-corrected chi connectivity index (χ1v) is 6.17. The van der Waals surface area contributed by atoms with E-state index in [4.69, 9.17) is 0 Å². The highest BCUT2D eigenvalue weighted by Gasteiger charge is 2.21. The van der Waals surface area contributed by atoms with Crippen LogP contribution in [0.25, 0.3) is 0 Å². The molecule has 0 aromatic carbocycles. The van der Waals surface area contributed by atoms with Gasteiger partial charge in [-0.25, -0.2) is 4.79 Å². The Morgan fingerprint density at radius 2 is 2.38 bits per heavy atom. The van der Waals surface area contributed by atoms with Gasteiger partial charge in [0.05, 0.1) is 0 Å². The lowest BCUT2D eigenvalue weighted by Gasteiger charge is -2.15. The molecule has 2 saturated heterocycles. The van der Waals surface area contributed by atoms with Gasteiger partial charge in [0, 0.05) is 25.7 Å². The first-order valence-electron chi connectivity index (χ1n) is 6.17. The van der Waals surface area contributed by atoms with E-state index in [2.05, 4.69) is 27.9 Å². The summed E-state index contributed by atoms with van der Waals surface area (Å²) in [7, 11) is 2.13. The molecule has 0 spiro atoms. The molecule has 0 aromatic rings. The van der Waals surface area contributed by atoms with Gasteiger partial charge in [-0.2, -0.15) is 0 Å². The summed E-state index contributed by atoms with van der Waals surface area (Å²) < 4.78 is 0. The smallest absolute Gasteiger partial charge is 0.315 e. The van der Waals surface area contributed by atoms with E-state index in [0.29, 0.717) is 12.0 Å². The number of likely N-dealkylation sites (tertiary alicyclic amines) is 1. The number of nitrogens with zero attached hydrogens (tertiary/aromatic N) is 1. The van der Waals surface area contributed by atoms with Crippen molar-refractivity contribution < 1.29 is 4.79 Å². The molecule has 2 unspecified atom stereocenters. The van der Waals surface area contributed by atoms with Gasteiger partial charge >= 0.3 is 6.03 Å². The summed E-state index contributed by atoms with van der Waals surface area (Å²) in [6.07, 6.45) is 2.24. The number of carbonyl (C=O) groups excluding carboxylic acids is 1. The Labute approximate surface area is 96.9 Å². The van der Waals surface area contributed by atoms with E-state index < -0.39 is 0 Å². The van der Waals surface area contributed by atoms with Crippen LogP contribution in [0.3, 0.4) is 0 Å². The highest BCUT2D eigenvalue weighted by molar-refractivity contribution is 5.74. The molecule has 92 valence electrons. The van der Waals surface area contributed by atoms with Gasteiger partial charge in [-0.05, 0) is 38.9 Å². The predicted octanol–water partition coefficient (Wildman–Crippen LogP) is -0.401. The van der Waals surface area contributed by atoms with Crippen molar-refractivity contribution >= 4 is 6.03 Å². The summed E-state index contributed by atoms with van der Waals surface area (Å²) in [6, 6.07) is 0.300. The van der Waals surface area contributed by atoms with Gasteiger partial charge in [0.2, 0.25) is 0 Å². The van der Waals surface area contributed by atoms with Gasteiger partial charge < -0.3 is 20.9 Å². The van der Waals surface area contributed by atoms with Crippen LogP contribution in [0.2, 0.25) is 0 Å². The van der Waals surface area contributed by atoms with Crippen molar-refractivity contribution in [3.63, 3.8) is 0 Å². The van der Waals surface area contributed by atoms with E-state index in [9.17, 15) is 4.79 Å². The Hall–Kier alpha value is -0.810. The highest BCUT2D eigenvalue weighted by Crippen LogP contribution is 2.12. The number of hydrogen-bond acceptors (Lipinski definition) is 3. The first kappa shape index (κ1) is 11.7. The van der Waals surface area contributed by atoms with Crippen LogP contribution in [-0.2, 0) is 0 Å². The fourth-order valence-corrected chi connectivity index (χ4v) is 2.44. The quantitative estimate of drug-likeness (QED) is 0.614. The molecule has 2 aliphatic heterocycles. The summed E-state index contributed by atoms with van der Waals surface area (Å²) >= 11 is 0. The lowest BCUT2D eigenvalue weighted by Crippen LogP contribution is -2.44. The van der Waals surface area contributed by atoms with E-state index in [1.807, 2.05) is 0 Å². The van der Waals surface area contributed by atoms with Crippen LogP contribution in [0, 0.1) is 5.92 Å². The molecule has 0 radical (unpaired) electrons. The van der Waals surface area contributed by atoms with Crippen molar-refractivity contribution in [2.45, 2.75) is 18.9 Å². The molecule has 0 saturated carbocycles. The molecule has 0 bridgehead atoms.